The summed E-state index contributed by atoms with van der Waals surface area (Å²) in [5.41, 5.74) is -0.874. The first kappa shape index (κ1) is 41.5. The number of methoxy groups -OCH3 is 2. The lowest BCUT2D eigenvalue weighted by Crippen LogP contribution is -2.63. The van der Waals surface area contributed by atoms with Crippen molar-refractivity contribution in [2.45, 2.75) is 102 Å². The zero-order valence-electron chi connectivity index (χ0n) is 31.4. The number of esters is 1. The number of thioether (sulfide) groups is 1. The van der Waals surface area contributed by atoms with Crippen LogP contribution in [0.25, 0.3) is 0 Å². The molecule has 2 saturated heterocycles. The molecule has 0 unspecified atom stereocenters. The summed E-state index contributed by atoms with van der Waals surface area (Å²) >= 11 is 8.29. The van der Waals surface area contributed by atoms with E-state index in [1.165, 1.54) is 35.8 Å². The molecular weight excluding hydrogens is 714 g/mol. The summed E-state index contributed by atoms with van der Waals surface area (Å²) in [6, 6.07) is 2.70. The summed E-state index contributed by atoms with van der Waals surface area (Å²) in [4.78, 5) is 56.6. The van der Waals surface area contributed by atoms with E-state index in [4.69, 9.17) is 35.3 Å². The van der Waals surface area contributed by atoms with Gasteiger partial charge in [-0.1, -0.05) is 49.2 Å². The van der Waals surface area contributed by atoms with Crippen LogP contribution in [0.3, 0.4) is 0 Å². The molecular formula is C37H52ClN3O10S. The number of alkyl carbamates (subject to hydrolysis) is 1. The molecule has 3 amide bonds. The third-order valence-electron chi connectivity index (χ3n) is 10.2. The van der Waals surface area contributed by atoms with Crippen molar-refractivity contribution in [1.29, 1.82) is 0 Å². The third-order valence-corrected chi connectivity index (χ3v) is 11.2. The molecule has 3 heterocycles. The number of hydrogen-bond acceptors (Lipinski definition) is 11. The zero-order chi connectivity index (χ0) is 38.5. The van der Waals surface area contributed by atoms with Gasteiger partial charge in [-0.2, -0.15) is 11.8 Å². The van der Waals surface area contributed by atoms with Crippen LogP contribution < -0.4 is 15.0 Å². The molecule has 13 nitrogen and oxygen atoms in total. The van der Waals surface area contributed by atoms with E-state index in [0.29, 0.717) is 23.6 Å². The number of rotatable bonds is 9. The minimum absolute atomic E-state index is 0.0432. The van der Waals surface area contributed by atoms with Crippen LogP contribution in [0, 0.1) is 5.92 Å². The second kappa shape index (κ2) is 17.2. The molecule has 2 fully saturated rings. The Morgan fingerprint density at radius 2 is 1.98 bits per heavy atom. The number of nitrogens with zero attached hydrogens (tertiary/aromatic N) is 2. The van der Waals surface area contributed by atoms with Gasteiger partial charge in [-0.25, -0.2) is 9.59 Å². The van der Waals surface area contributed by atoms with Crippen LogP contribution in [-0.4, -0.2) is 116 Å². The molecule has 3 aliphatic rings. The average molecular weight is 766 g/mol. The highest BCUT2D eigenvalue weighted by Gasteiger charge is 2.64. The van der Waals surface area contributed by atoms with Crippen molar-refractivity contribution < 1.29 is 48.0 Å². The van der Waals surface area contributed by atoms with E-state index in [-0.39, 0.29) is 36.6 Å². The Morgan fingerprint density at radius 1 is 1.27 bits per heavy atom. The standard InChI is InChI=1S/C37H52ClN3O10S/c1-10-24(40(5)30(42)14-15-52-9)34(44)50-29-19-31(43)41(6)25-17-23(18-26(47-7)32(25)38)16-21(2)12-11-13-28(48-8)37(46)20-27(49-35(45)39-37)22(3)33-36(29,4)51-33/h11-13,17-18,22,24,27-29,33,46H,10,14-16,19-20H2,1-9H3,(H,39,45)/b13-11+,21-12+/t22-,24+,27+,28-,29+,33+,36+,37+/m1/s1. The number of ether oxygens (including phenoxy) is 5. The number of halogens is 1. The van der Waals surface area contributed by atoms with Crippen LogP contribution in [0.15, 0.2) is 35.9 Å². The number of carbonyl (C=O) groups excluding carboxylic acids is 4. The number of aliphatic hydroxyl groups is 1. The van der Waals surface area contributed by atoms with Gasteiger partial charge in [0.1, 0.15) is 40.7 Å². The van der Waals surface area contributed by atoms with Crippen molar-refractivity contribution in [3.63, 3.8) is 0 Å². The van der Waals surface area contributed by atoms with Gasteiger partial charge < -0.3 is 38.6 Å². The highest BCUT2D eigenvalue weighted by Crippen LogP contribution is 2.49. The highest BCUT2D eigenvalue weighted by atomic mass is 35.5. The Morgan fingerprint density at radius 3 is 2.62 bits per heavy atom. The summed E-state index contributed by atoms with van der Waals surface area (Å²) in [5.74, 6) is -0.833. The Kier molecular flexibility index (Phi) is 13.7. The van der Waals surface area contributed by atoms with Gasteiger partial charge in [0, 0.05) is 45.7 Å². The molecule has 1 aromatic rings. The summed E-state index contributed by atoms with van der Waals surface area (Å²) in [6.07, 6.45) is 3.47. The van der Waals surface area contributed by atoms with E-state index in [9.17, 15) is 24.3 Å². The lowest BCUT2D eigenvalue weighted by Gasteiger charge is -2.42. The van der Waals surface area contributed by atoms with Crippen LogP contribution in [0.1, 0.15) is 58.9 Å². The summed E-state index contributed by atoms with van der Waals surface area (Å²) < 4.78 is 29.3. The first-order valence-corrected chi connectivity index (χ1v) is 19.1. The fourth-order valence-corrected chi connectivity index (χ4v) is 7.65. The minimum atomic E-state index is -1.82. The number of likely N-dealkylation sites (N-methyl/N-ethyl adjacent to an activating group) is 1. The fourth-order valence-electron chi connectivity index (χ4n) is 6.96. The normalized spacial score (nSPS) is 31.6. The molecule has 4 bridgehead atoms. The molecule has 0 saturated carbocycles. The van der Waals surface area contributed by atoms with Crippen LogP contribution in [0.4, 0.5) is 10.5 Å². The molecule has 0 aliphatic carbocycles. The lowest BCUT2D eigenvalue weighted by molar-refractivity contribution is -0.162. The average Bonchev–Trinajstić information content (AvgIpc) is 3.80. The van der Waals surface area contributed by atoms with Crippen molar-refractivity contribution in [3.05, 3.63) is 46.5 Å². The fraction of sp³-hybridized carbons (Fsp3) is 0.622. The summed E-state index contributed by atoms with van der Waals surface area (Å²) in [7, 11) is 6.08. The van der Waals surface area contributed by atoms with Gasteiger partial charge in [-0.3, -0.25) is 14.9 Å². The number of epoxide rings is 1. The maximum atomic E-state index is 14.1. The smallest absolute Gasteiger partial charge is 0.409 e. The maximum Gasteiger partial charge on any atom is 0.409 e. The third kappa shape index (κ3) is 9.07. The molecule has 52 heavy (non-hydrogen) atoms. The summed E-state index contributed by atoms with van der Waals surface area (Å²) in [6.45, 7) is 7.25. The largest absolute Gasteiger partial charge is 0.495 e. The highest BCUT2D eigenvalue weighted by molar-refractivity contribution is 7.98. The number of benzene rings is 1. The van der Waals surface area contributed by atoms with Crippen molar-refractivity contribution in [2.75, 3.05) is 45.2 Å². The van der Waals surface area contributed by atoms with E-state index in [0.717, 1.165) is 11.1 Å². The molecule has 8 atom stereocenters. The van der Waals surface area contributed by atoms with Gasteiger partial charge in [-0.05, 0) is 50.6 Å². The number of fused-ring (bicyclic) bond motifs is 5. The second-order valence-corrected chi connectivity index (χ2v) is 15.3. The Labute approximate surface area is 315 Å². The van der Waals surface area contributed by atoms with Crippen LogP contribution in [0.5, 0.6) is 5.75 Å². The van der Waals surface area contributed by atoms with Gasteiger partial charge in [0.15, 0.2) is 5.72 Å². The van der Waals surface area contributed by atoms with E-state index in [1.807, 2.05) is 26.2 Å². The van der Waals surface area contributed by atoms with Crippen molar-refractivity contribution >= 4 is 52.9 Å². The van der Waals surface area contributed by atoms with Crippen LogP contribution >= 0.6 is 23.4 Å². The number of amides is 3. The number of anilines is 1. The Hall–Kier alpha value is -3.30. The minimum Gasteiger partial charge on any atom is -0.495 e. The van der Waals surface area contributed by atoms with Gasteiger partial charge >= 0.3 is 12.1 Å². The lowest BCUT2D eigenvalue weighted by atomic mass is 9.83. The molecule has 4 rings (SSSR count). The molecule has 0 radical (unpaired) electrons. The maximum absolute atomic E-state index is 14.1. The predicted octanol–water partition coefficient (Wildman–Crippen LogP) is 4.66. The molecule has 0 spiro atoms. The second-order valence-electron chi connectivity index (χ2n) is 13.9. The zero-order valence-corrected chi connectivity index (χ0v) is 33.0. The number of hydrogen-bond donors (Lipinski definition) is 2. The van der Waals surface area contributed by atoms with E-state index < -0.39 is 65.7 Å². The first-order chi connectivity index (χ1) is 24.5. The van der Waals surface area contributed by atoms with Gasteiger partial charge in [0.25, 0.3) is 0 Å². The molecule has 0 aromatic heterocycles. The van der Waals surface area contributed by atoms with Crippen molar-refractivity contribution in [3.8, 4) is 5.75 Å². The first-order valence-electron chi connectivity index (χ1n) is 17.4. The predicted molar refractivity (Wildman–Crippen MR) is 199 cm³/mol. The molecule has 3 aliphatic heterocycles. The van der Waals surface area contributed by atoms with E-state index >= 15 is 0 Å². The molecule has 15 heteroatoms. The van der Waals surface area contributed by atoms with Crippen molar-refractivity contribution in [2.24, 2.45) is 5.92 Å². The van der Waals surface area contributed by atoms with E-state index in [1.54, 1.807) is 52.2 Å². The topological polar surface area (TPSA) is 156 Å². The van der Waals surface area contributed by atoms with Gasteiger partial charge in [0.05, 0.1) is 25.3 Å². The van der Waals surface area contributed by atoms with Gasteiger partial charge in [-0.15, -0.1) is 0 Å². The van der Waals surface area contributed by atoms with Gasteiger partial charge in [0.2, 0.25) is 11.8 Å². The number of carbonyl (C=O) groups is 4. The van der Waals surface area contributed by atoms with Crippen LogP contribution in [0.2, 0.25) is 5.02 Å². The molecule has 2 N–H and O–H groups in total. The Balaban J connectivity index is 1.78. The quantitative estimate of drug-likeness (QED) is 0.266. The molecule has 288 valence electrons. The number of nitrogens with one attached hydrogen (secondary N) is 1. The number of allylic oxidation sites excluding steroid dienone is 3. The summed E-state index contributed by atoms with van der Waals surface area (Å²) in [5, 5.41) is 14.5. The van der Waals surface area contributed by atoms with Crippen molar-refractivity contribution in [1.82, 2.24) is 10.2 Å². The monoisotopic (exact) mass is 765 g/mol. The SMILES string of the molecule is CC[C@@H](C(=O)O[C@H]1CC(=O)N(C)c2cc(cc(OC)c2Cl)C/C(C)=C/C=C/[C@@H](OC)[C@@]2(O)C[C@H](OC(=O)N2)[C@@H](C)[C@@H]2O[C@@]12C)N(C)C(=O)CCSC. The molecule has 1 aromatic carbocycles. The van der Waals surface area contributed by atoms with Crippen LogP contribution in [-0.2, 0) is 39.8 Å². The van der Waals surface area contributed by atoms with E-state index in [2.05, 4.69) is 5.32 Å². The Bertz CT molecular complexity index is 1570.